The fourth-order valence-corrected chi connectivity index (χ4v) is 2.69. The molecule has 0 aliphatic rings. The Morgan fingerprint density at radius 1 is 0.880 bits per heavy atom. The zero-order valence-corrected chi connectivity index (χ0v) is 14.5. The number of hydrogen-bond acceptors (Lipinski definition) is 2. The smallest absolute Gasteiger partial charge is 0.337 e. The Kier molecular flexibility index (Phi) is 5.32. The molecule has 124 valence electrons. The van der Waals surface area contributed by atoms with Crippen LogP contribution in [0.1, 0.15) is 21.5 Å². The molecule has 0 aliphatic carbocycles. The quantitative estimate of drug-likeness (QED) is 0.429. The average Bonchev–Trinajstić information content (AvgIpc) is 2.67. The third kappa shape index (κ3) is 4.17. The monoisotopic (exact) mass is 348 g/mol. The van der Waals surface area contributed by atoms with E-state index in [4.69, 9.17) is 16.3 Å². The molecule has 0 amide bonds. The van der Waals surface area contributed by atoms with Gasteiger partial charge in [-0.1, -0.05) is 72.3 Å². The number of ether oxygens (including phenoxy) is 1. The molecule has 3 aromatic rings. The summed E-state index contributed by atoms with van der Waals surface area (Å²) in [5.74, 6) is -0.330. The summed E-state index contributed by atoms with van der Waals surface area (Å²) in [6, 6.07) is 23.3. The Bertz CT molecular complexity index is 894. The Labute approximate surface area is 152 Å². The van der Waals surface area contributed by atoms with Gasteiger partial charge in [0.1, 0.15) is 0 Å². The van der Waals surface area contributed by atoms with Gasteiger partial charge in [-0.05, 0) is 46.5 Å². The molecule has 0 N–H and O–H groups in total. The molecule has 0 heterocycles. The second-order valence-corrected chi connectivity index (χ2v) is 5.98. The summed E-state index contributed by atoms with van der Waals surface area (Å²) in [6.07, 6.45) is 4.09. The van der Waals surface area contributed by atoms with Gasteiger partial charge in [0.25, 0.3) is 0 Å². The molecule has 0 atom stereocenters. The second-order valence-electron chi connectivity index (χ2n) is 5.54. The van der Waals surface area contributed by atoms with Crippen LogP contribution in [0, 0.1) is 0 Å². The van der Waals surface area contributed by atoms with Crippen LogP contribution in [0.4, 0.5) is 0 Å². The molecule has 3 aromatic carbocycles. The highest BCUT2D eigenvalue weighted by Crippen LogP contribution is 2.26. The molecule has 0 radical (unpaired) electrons. The lowest BCUT2D eigenvalue weighted by atomic mass is 9.99. The lowest BCUT2D eigenvalue weighted by Crippen LogP contribution is -2.00. The zero-order valence-electron chi connectivity index (χ0n) is 13.8. The number of benzene rings is 3. The summed E-state index contributed by atoms with van der Waals surface area (Å²) < 4.78 is 4.71. The summed E-state index contributed by atoms with van der Waals surface area (Å²) in [6.45, 7) is 0. The molecule has 0 saturated carbocycles. The Morgan fingerprint density at radius 3 is 2.24 bits per heavy atom. The lowest BCUT2D eigenvalue weighted by molar-refractivity contribution is 0.0600. The Morgan fingerprint density at radius 2 is 1.56 bits per heavy atom. The van der Waals surface area contributed by atoms with Crippen molar-refractivity contribution in [1.82, 2.24) is 0 Å². The van der Waals surface area contributed by atoms with E-state index in [9.17, 15) is 4.79 Å². The molecule has 2 nitrogen and oxygen atoms in total. The molecule has 0 saturated heterocycles. The van der Waals surface area contributed by atoms with Gasteiger partial charge in [-0.3, -0.25) is 0 Å². The van der Waals surface area contributed by atoms with Crippen molar-refractivity contribution in [3.8, 4) is 11.1 Å². The minimum absolute atomic E-state index is 0.330. The van der Waals surface area contributed by atoms with Crippen LogP contribution in [0.3, 0.4) is 0 Å². The first-order valence-corrected chi connectivity index (χ1v) is 8.26. The van der Waals surface area contributed by atoms with Crippen molar-refractivity contribution < 1.29 is 9.53 Å². The highest BCUT2D eigenvalue weighted by Gasteiger charge is 2.04. The topological polar surface area (TPSA) is 26.3 Å². The fraction of sp³-hybridized carbons (Fsp3) is 0.0455. The van der Waals surface area contributed by atoms with Gasteiger partial charge in [0.15, 0.2) is 0 Å². The molecule has 3 heteroatoms. The average molecular weight is 349 g/mol. The molecule has 0 aliphatic heterocycles. The Balaban J connectivity index is 1.87. The van der Waals surface area contributed by atoms with Gasteiger partial charge < -0.3 is 4.74 Å². The predicted octanol–water partition coefficient (Wildman–Crippen LogP) is 5.96. The molecule has 0 fully saturated rings. The van der Waals surface area contributed by atoms with Crippen molar-refractivity contribution in [1.29, 1.82) is 0 Å². The minimum atomic E-state index is -0.330. The van der Waals surface area contributed by atoms with E-state index in [2.05, 4.69) is 18.2 Å². The van der Waals surface area contributed by atoms with Crippen LogP contribution in [0.25, 0.3) is 23.3 Å². The van der Waals surface area contributed by atoms with Crippen LogP contribution in [-0.4, -0.2) is 13.1 Å². The van der Waals surface area contributed by atoms with Crippen LogP contribution < -0.4 is 0 Å². The first-order chi connectivity index (χ1) is 12.2. The molecular formula is C22H17ClO2. The SMILES string of the molecule is COC(=O)c1ccc(C=Cc2ccccc2-c2ccc(Cl)cc2)cc1. The standard InChI is InChI=1S/C22H17ClO2/c1-25-22(24)19-10-7-16(8-11-19)6-9-17-4-2-3-5-21(17)18-12-14-20(23)15-13-18/h2-15H,1H3. The van der Waals surface area contributed by atoms with Gasteiger partial charge in [-0.15, -0.1) is 0 Å². The van der Waals surface area contributed by atoms with E-state index < -0.39 is 0 Å². The molecule has 25 heavy (non-hydrogen) atoms. The van der Waals surface area contributed by atoms with Crippen LogP contribution in [0.2, 0.25) is 5.02 Å². The summed E-state index contributed by atoms with van der Waals surface area (Å²) in [7, 11) is 1.38. The molecule has 0 unspecified atom stereocenters. The highest BCUT2D eigenvalue weighted by molar-refractivity contribution is 6.30. The van der Waals surface area contributed by atoms with Crippen molar-refractivity contribution in [3.05, 3.63) is 94.5 Å². The molecular weight excluding hydrogens is 332 g/mol. The van der Waals surface area contributed by atoms with Crippen LogP contribution in [0.15, 0.2) is 72.8 Å². The number of hydrogen-bond donors (Lipinski definition) is 0. The van der Waals surface area contributed by atoms with Crippen LogP contribution in [-0.2, 0) is 4.74 Å². The number of carbonyl (C=O) groups excluding carboxylic acids is 1. The Hall–Kier alpha value is -2.84. The van der Waals surface area contributed by atoms with E-state index in [0.717, 1.165) is 27.3 Å². The van der Waals surface area contributed by atoms with Crippen molar-refractivity contribution in [2.24, 2.45) is 0 Å². The third-order valence-corrected chi connectivity index (χ3v) is 4.16. The second kappa shape index (κ2) is 7.82. The van der Waals surface area contributed by atoms with Gasteiger partial charge in [-0.25, -0.2) is 4.79 Å². The van der Waals surface area contributed by atoms with E-state index in [-0.39, 0.29) is 5.97 Å². The first kappa shape index (κ1) is 17.0. The van der Waals surface area contributed by atoms with E-state index >= 15 is 0 Å². The minimum Gasteiger partial charge on any atom is -0.465 e. The number of esters is 1. The molecule has 0 bridgehead atoms. The predicted molar refractivity (Wildman–Crippen MR) is 104 cm³/mol. The summed E-state index contributed by atoms with van der Waals surface area (Å²) in [5, 5.41) is 0.725. The molecule has 3 rings (SSSR count). The van der Waals surface area contributed by atoms with E-state index in [1.165, 1.54) is 7.11 Å². The number of methoxy groups -OCH3 is 1. The van der Waals surface area contributed by atoms with Crippen LogP contribution >= 0.6 is 11.6 Å². The zero-order chi connectivity index (χ0) is 17.6. The summed E-state index contributed by atoms with van der Waals surface area (Å²) in [4.78, 5) is 11.5. The van der Waals surface area contributed by atoms with E-state index in [0.29, 0.717) is 5.56 Å². The van der Waals surface area contributed by atoms with Gasteiger partial charge in [0, 0.05) is 5.02 Å². The summed E-state index contributed by atoms with van der Waals surface area (Å²) >= 11 is 5.98. The number of carbonyl (C=O) groups is 1. The maximum absolute atomic E-state index is 11.5. The van der Waals surface area contributed by atoms with Crippen molar-refractivity contribution >= 4 is 29.7 Å². The van der Waals surface area contributed by atoms with Gasteiger partial charge in [0.05, 0.1) is 12.7 Å². The maximum Gasteiger partial charge on any atom is 0.337 e. The van der Waals surface area contributed by atoms with Gasteiger partial charge >= 0.3 is 5.97 Å². The van der Waals surface area contributed by atoms with Gasteiger partial charge in [-0.2, -0.15) is 0 Å². The maximum atomic E-state index is 11.5. The first-order valence-electron chi connectivity index (χ1n) is 7.89. The van der Waals surface area contributed by atoms with E-state index in [1.807, 2.05) is 54.6 Å². The summed E-state index contributed by atoms with van der Waals surface area (Å²) in [5.41, 5.74) is 4.92. The largest absolute Gasteiger partial charge is 0.465 e. The molecule has 0 aromatic heterocycles. The lowest BCUT2D eigenvalue weighted by Gasteiger charge is -2.06. The number of rotatable bonds is 4. The van der Waals surface area contributed by atoms with Gasteiger partial charge in [0.2, 0.25) is 0 Å². The number of halogens is 1. The van der Waals surface area contributed by atoms with Crippen molar-refractivity contribution in [2.45, 2.75) is 0 Å². The fourth-order valence-electron chi connectivity index (χ4n) is 2.57. The van der Waals surface area contributed by atoms with Crippen molar-refractivity contribution in [3.63, 3.8) is 0 Å². The molecule has 0 spiro atoms. The van der Waals surface area contributed by atoms with Crippen molar-refractivity contribution in [2.75, 3.05) is 7.11 Å². The van der Waals surface area contributed by atoms with E-state index in [1.54, 1.807) is 12.1 Å². The van der Waals surface area contributed by atoms with Crippen LogP contribution in [0.5, 0.6) is 0 Å². The highest BCUT2D eigenvalue weighted by atomic mass is 35.5. The third-order valence-electron chi connectivity index (χ3n) is 3.90. The normalized spacial score (nSPS) is 10.8.